The lowest BCUT2D eigenvalue weighted by atomic mass is 9.96. The van der Waals surface area contributed by atoms with Crippen molar-refractivity contribution in [2.45, 2.75) is 104 Å². The van der Waals surface area contributed by atoms with Gasteiger partial charge in [0, 0.05) is 0 Å². The summed E-state index contributed by atoms with van der Waals surface area (Å²) in [6.07, 6.45) is -3.34. The number of rotatable bonds is 15. The zero-order valence-electron chi connectivity index (χ0n) is 26.5. The molecule has 0 aliphatic carbocycles. The lowest BCUT2D eigenvalue weighted by Gasteiger charge is -2.28. The number of fused-ring (bicyclic) bond motifs is 1. The maximum absolute atomic E-state index is 14.0. The second-order valence-electron chi connectivity index (χ2n) is 11.7. The molecule has 248 valence electrons. The van der Waals surface area contributed by atoms with E-state index in [4.69, 9.17) is 28.0 Å². The molecule has 0 bridgehead atoms. The number of aliphatic hydroxyl groups is 2. The molecule has 3 rings (SSSR count). The van der Waals surface area contributed by atoms with Crippen LogP contribution in [0.15, 0.2) is 6.33 Å². The van der Waals surface area contributed by atoms with Gasteiger partial charge in [-0.3, -0.25) is 18.4 Å². The van der Waals surface area contributed by atoms with Crippen molar-refractivity contribution in [1.82, 2.24) is 24.6 Å². The Bertz CT molecular complexity index is 1350. The Morgan fingerprint density at radius 3 is 2.39 bits per heavy atom. The summed E-state index contributed by atoms with van der Waals surface area (Å²) in [4.78, 5) is 37.9. The second kappa shape index (κ2) is 14.6. The normalized spacial score (nSPS) is 24.2. The van der Waals surface area contributed by atoms with E-state index < -0.39 is 75.2 Å². The van der Waals surface area contributed by atoms with E-state index in [9.17, 15) is 24.4 Å². The molecule has 0 amide bonds. The Labute approximate surface area is 256 Å². The van der Waals surface area contributed by atoms with Gasteiger partial charge in [-0.15, -0.1) is 0 Å². The number of nitrogens with zero attached hydrogens (tertiary/aromatic N) is 4. The number of carbonyl (C=O) groups excluding carboxylic acids is 2. The van der Waals surface area contributed by atoms with Crippen LogP contribution in [0.3, 0.4) is 0 Å². The van der Waals surface area contributed by atoms with Crippen molar-refractivity contribution in [3.05, 3.63) is 12.2 Å². The van der Waals surface area contributed by atoms with Crippen molar-refractivity contribution in [3.63, 3.8) is 0 Å². The van der Waals surface area contributed by atoms with E-state index in [1.165, 1.54) is 24.9 Å². The summed E-state index contributed by atoms with van der Waals surface area (Å²) in [5.41, 5.74) is -1.30. The first-order valence-electron chi connectivity index (χ1n) is 14.3. The molecule has 2 aromatic heterocycles. The smallest absolute Gasteiger partial charge is 0.406 e. The van der Waals surface area contributed by atoms with Crippen LogP contribution >= 0.6 is 7.75 Å². The van der Waals surface area contributed by atoms with Gasteiger partial charge in [-0.1, -0.05) is 13.8 Å². The van der Waals surface area contributed by atoms with Crippen LogP contribution in [0, 0.1) is 12.8 Å². The first-order chi connectivity index (χ1) is 20.5. The quantitative estimate of drug-likeness (QED) is 0.188. The monoisotopic (exact) mass is 645 g/mol. The van der Waals surface area contributed by atoms with Crippen LogP contribution in [0.2, 0.25) is 0 Å². The molecule has 0 aromatic carbocycles. The number of hydrogen-bond donors (Lipinski definition) is 3. The summed E-state index contributed by atoms with van der Waals surface area (Å²) in [5, 5.41) is 25.0. The molecule has 3 N–H and O–H groups in total. The van der Waals surface area contributed by atoms with Gasteiger partial charge in [0.25, 0.3) is 0 Å². The molecule has 2 aromatic rings. The topological polar surface area (TPSA) is 203 Å². The van der Waals surface area contributed by atoms with Gasteiger partial charge in [0.05, 0.1) is 32.3 Å². The lowest BCUT2D eigenvalue weighted by Crippen LogP contribution is -2.44. The third-order valence-corrected chi connectivity index (χ3v) is 8.07. The van der Waals surface area contributed by atoms with Crippen molar-refractivity contribution >= 4 is 30.8 Å². The molecule has 1 aliphatic heterocycles. The molecule has 0 saturated carbocycles. The lowest BCUT2D eigenvalue weighted by molar-refractivity contribution is -0.150. The van der Waals surface area contributed by atoms with Crippen molar-refractivity contribution in [2.75, 3.05) is 20.3 Å². The fraction of sp³-hybridized carbons (Fsp3) is 0.741. The van der Waals surface area contributed by atoms with Crippen LogP contribution in [0.25, 0.3) is 11.2 Å². The van der Waals surface area contributed by atoms with Crippen molar-refractivity contribution in [2.24, 2.45) is 5.92 Å². The van der Waals surface area contributed by atoms with Gasteiger partial charge in [0.15, 0.2) is 24.0 Å². The largest absolute Gasteiger partial charge is 0.479 e. The van der Waals surface area contributed by atoms with Crippen LogP contribution in [0.4, 0.5) is 0 Å². The molecule has 44 heavy (non-hydrogen) atoms. The van der Waals surface area contributed by atoms with E-state index in [2.05, 4.69) is 20.0 Å². The predicted octanol–water partition coefficient (Wildman–Crippen LogP) is 2.20. The molecule has 2 unspecified atom stereocenters. The Hall–Kier alpha value is -2.72. The van der Waals surface area contributed by atoms with E-state index in [-0.39, 0.29) is 23.9 Å². The highest BCUT2D eigenvalue weighted by Gasteiger charge is 2.54. The Morgan fingerprint density at radius 1 is 1.14 bits per heavy atom. The van der Waals surface area contributed by atoms with Gasteiger partial charge in [0.1, 0.15) is 29.7 Å². The standard InChI is InChI=1S/C27H44N5O11P/c1-14(2)10-18(25(35)42-16(5)6)31-44(37,40-12-20(33)41-15(3)4)39-11-19-22(34)27(8,36)26(43-19)32-13-28-21-23(32)29-17(7)30-24(21)38-9/h13-16,18-19,22,26,34,36H,10-12H2,1-9H3,(H,31,37)/t18-,19+,22?,26+,27-,44?/m0/s1. The minimum Gasteiger partial charge on any atom is -0.479 e. The average Bonchev–Trinajstić information content (AvgIpc) is 3.42. The Balaban J connectivity index is 1.86. The minimum absolute atomic E-state index is 0.0292. The van der Waals surface area contributed by atoms with Crippen LogP contribution in [0.5, 0.6) is 5.88 Å². The predicted molar refractivity (Wildman–Crippen MR) is 155 cm³/mol. The van der Waals surface area contributed by atoms with E-state index in [0.29, 0.717) is 11.3 Å². The number of hydrogen-bond acceptors (Lipinski definition) is 14. The summed E-state index contributed by atoms with van der Waals surface area (Å²) in [5.74, 6) is -0.933. The summed E-state index contributed by atoms with van der Waals surface area (Å²) in [6, 6.07) is -1.12. The zero-order valence-corrected chi connectivity index (χ0v) is 27.4. The molecule has 17 heteroatoms. The highest BCUT2D eigenvalue weighted by molar-refractivity contribution is 7.51. The maximum atomic E-state index is 14.0. The van der Waals surface area contributed by atoms with Gasteiger partial charge in [-0.25, -0.2) is 24.4 Å². The molecule has 0 radical (unpaired) electrons. The highest BCUT2D eigenvalue weighted by atomic mass is 31.2. The third kappa shape index (κ3) is 8.71. The highest BCUT2D eigenvalue weighted by Crippen LogP contribution is 2.47. The van der Waals surface area contributed by atoms with E-state index in [1.54, 1.807) is 34.6 Å². The van der Waals surface area contributed by atoms with Crippen LogP contribution < -0.4 is 9.82 Å². The van der Waals surface area contributed by atoms with Gasteiger partial charge in [-0.2, -0.15) is 4.98 Å². The van der Waals surface area contributed by atoms with Gasteiger partial charge in [0.2, 0.25) is 5.88 Å². The number of methoxy groups -OCH3 is 1. The first kappa shape index (κ1) is 35.8. The number of aliphatic hydroxyl groups excluding tert-OH is 1. The molecule has 16 nitrogen and oxygen atoms in total. The van der Waals surface area contributed by atoms with Gasteiger partial charge in [-0.05, 0) is 53.9 Å². The number of ether oxygens (including phenoxy) is 4. The number of carbonyl (C=O) groups is 2. The fourth-order valence-corrected chi connectivity index (χ4v) is 6.02. The summed E-state index contributed by atoms with van der Waals surface area (Å²) >= 11 is 0. The zero-order chi connectivity index (χ0) is 33.0. The number of aryl methyl sites for hydroxylation is 1. The maximum Gasteiger partial charge on any atom is 0.406 e. The fourth-order valence-electron chi connectivity index (χ4n) is 4.58. The molecule has 0 spiro atoms. The van der Waals surface area contributed by atoms with Crippen molar-refractivity contribution in [1.29, 1.82) is 0 Å². The molecule has 1 aliphatic rings. The average molecular weight is 646 g/mol. The summed E-state index contributed by atoms with van der Waals surface area (Å²) < 4.78 is 48.1. The van der Waals surface area contributed by atoms with E-state index in [0.717, 1.165) is 0 Å². The molecular weight excluding hydrogens is 601 g/mol. The number of esters is 2. The number of nitrogens with one attached hydrogen (secondary N) is 1. The summed E-state index contributed by atoms with van der Waals surface area (Å²) in [6.45, 7) is 12.0. The third-order valence-electron chi connectivity index (χ3n) is 6.49. The van der Waals surface area contributed by atoms with Crippen LogP contribution in [0.1, 0.15) is 66.9 Å². The molecular formula is C27H44N5O11P. The number of imidazole rings is 1. The van der Waals surface area contributed by atoms with Crippen LogP contribution in [-0.2, 0) is 37.4 Å². The molecule has 3 heterocycles. The molecule has 1 fully saturated rings. The van der Waals surface area contributed by atoms with Gasteiger partial charge >= 0.3 is 19.7 Å². The number of aromatic nitrogens is 4. The second-order valence-corrected chi connectivity index (χ2v) is 13.5. The van der Waals surface area contributed by atoms with E-state index >= 15 is 0 Å². The first-order valence-corrected chi connectivity index (χ1v) is 15.9. The summed E-state index contributed by atoms with van der Waals surface area (Å²) in [7, 11) is -3.03. The molecule has 6 atom stereocenters. The van der Waals surface area contributed by atoms with Crippen molar-refractivity contribution in [3.8, 4) is 5.88 Å². The Morgan fingerprint density at radius 2 is 1.80 bits per heavy atom. The Kier molecular flexibility index (Phi) is 11.9. The van der Waals surface area contributed by atoms with Crippen LogP contribution in [-0.4, -0.2) is 98.1 Å². The van der Waals surface area contributed by atoms with E-state index in [1.807, 2.05) is 13.8 Å². The molecule has 1 saturated heterocycles. The minimum atomic E-state index is -4.46. The van der Waals surface area contributed by atoms with Crippen molar-refractivity contribution < 1.29 is 52.4 Å². The SMILES string of the molecule is COc1nc(C)nc2c1ncn2[C@@H]1O[C@H](COP(=O)(N[C@@H](CC(C)C)C(=O)OC(C)C)OCC(=O)OC(C)C)C(O)[C@]1(C)O. The van der Waals surface area contributed by atoms with Gasteiger partial charge < -0.3 is 29.2 Å².